The van der Waals surface area contributed by atoms with Gasteiger partial charge in [0, 0.05) is 18.6 Å². The molecule has 1 atom stereocenters. The summed E-state index contributed by atoms with van der Waals surface area (Å²) in [5.41, 5.74) is 11.8. The van der Waals surface area contributed by atoms with Gasteiger partial charge in [0.05, 0.1) is 12.8 Å². The van der Waals surface area contributed by atoms with Crippen molar-refractivity contribution in [2.75, 3.05) is 13.7 Å². The number of hydrogen-bond donors (Lipinski definition) is 3. The number of methoxy groups -OCH3 is 1. The zero-order valence-electron chi connectivity index (χ0n) is 7.79. The molecule has 1 aliphatic rings. The Kier molecular flexibility index (Phi) is 2.95. The molecule has 0 bridgehead atoms. The minimum Gasteiger partial charge on any atom is -0.495 e. The molecule has 0 saturated heterocycles. The first kappa shape index (κ1) is 10.1. The molecule has 0 amide bonds. The van der Waals surface area contributed by atoms with E-state index in [-0.39, 0.29) is 6.61 Å². The lowest BCUT2D eigenvalue weighted by atomic mass is 9.87. The van der Waals surface area contributed by atoms with Crippen molar-refractivity contribution >= 4 is 0 Å². The van der Waals surface area contributed by atoms with E-state index in [1.165, 1.54) is 0 Å². The Labute approximate surface area is 77.9 Å². The Balaban J connectivity index is 2.73. The van der Waals surface area contributed by atoms with Gasteiger partial charge in [-0.1, -0.05) is 6.08 Å². The summed E-state index contributed by atoms with van der Waals surface area (Å²) in [5.74, 6) is 0.666. The van der Waals surface area contributed by atoms with E-state index < -0.39 is 5.54 Å². The van der Waals surface area contributed by atoms with Crippen LogP contribution in [-0.4, -0.2) is 24.4 Å². The lowest BCUT2D eigenvalue weighted by Crippen LogP contribution is -2.41. The molecule has 0 heterocycles. The van der Waals surface area contributed by atoms with Crippen molar-refractivity contribution in [1.82, 2.24) is 0 Å². The standard InChI is InChI=1S/C9H16N2O2/c1-13-8-2-3-9(11,4-5-12)6-7(8)10/h2-3,12H,4-6,10-11H2,1H3. The smallest absolute Gasteiger partial charge is 0.137 e. The predicted octanol–water partition coefficient (Wildman–Crippen LogP) is -0.157. The van der Waals surface area contributed by atoms with E-state index in [2.05, 4.69) is 0 Å². The zero-order chi connectivity index (χ0) is 9.90. The lowest BCUT2D eigenvalue weighted by Gasteiger charge is -2.29. The van der Waals surface area contributed by atoms with E-state index in [4.69, 9.17) is 21.3 Å². The number of allylic oxidation sites excluding steroid dienone is 1. The van der Waals surface area contributed by atoms with Gasteiger partial charge in [-0.15, -0.1) is 0 Å². The number of hydrogen-bond acceptors (Lipinski definition) is 4. The second-order valence-electron chi connectivity index (χ2n) is 3.31. The summed E-state index contributed by atoms with van der Waals surface area (Å²) in [7, 11) is 1.57. The van der Waals surface area contributed by atoms with Crippen molar-refractivity contribution in [3.8, 4) is 0 Å². The van der Waals surface area contributed by atoms with E-state index in [1.807, 2.05) is 6.08 Å². The highest BCUT2D eigenvalue weighted by Gasteiger charge is 2.26. The van der Waals surface area contributed by atoms with Crippen LogP contribution in [0.1, 0.15) is 12.8 Å². The minimum atomic E-state index is -0.513. The minimum absolute atomic E-state index is 0.0659. The van der Waals surface area contributed by atoms with Gasteiger partial charge in [0.15, 0.2) is 0 Å². The molecule has 74 valence electrons. The van der Waals surface area contributed by atoms with Crippen LogP contribution in [-0.2, 0) is 4.74 Å². The first-order valence-corrected chi connectivity index (χ1v) is 4.23. The average molecular weight is 184 g/mol. The predicted molar refractivity (Wildman–Crippen MR) is 50.6 cm³/mol. The van der Waals surface area contributed by atoms with Gasteiger partial charge < -0.3 is 21.3 Å². The van der Waals surface area contributed by atoms with Gasteiger partial charge in [-0.3, -0.25) is 0 Å². The van der Waals surface area contributed by atoms with E-state index in [1.54, 1.807) is 13.2 Å². The number of nitrogens with two attached hydrogens (primary N) is 2. The fourth-order valence-corrected chi connectivity index (χ4v) is 1.43. The molecule has 1 aliphatic carbocycles. The molecule has 4 heteroatoms. The van der Waals surface area contributed by atoms with Crippen LogP contribution in [0.2, 0.25) is 0 Å². The van der Waals surface area contributed by atoms with Gasteiger partial charge >= 0.3 is 0 Å². The Morgan fingerprint density at radius 2 is 2.38 bits per heavy atom. The van der Waals surface area contributed by atoms with Crippen LogP contribution in [0.3, 0.4) is 0 Å². The Morgan fingerprint density at radius 1 is 1.69 bits per heavy atom. The molecule has 5 N–H and O–H groups in total. The van der Waals surface area contributed by atoms with Gasteiger partial charge in [0.2, 0.25) is 0 Å². The van der Waals surface area contributed by atoms with Crippen LogP contribution < -0.4 is 11.5 Å². The Morgan fingerprint density at radius 3 is 2.85 bits per heavy atom. The van der Waals surface area contributed by atoms with Crippen molar-refractivity contribution in [2.45, 2.75) is 18.4 Å². The molecule has 0 aromatic rings. The molecule has 1 rings (SSSR count). The molecule has 0 radical (unpaired) electrons. The maximum absolute atomic E-state index is 8.79. The molecule has 0 saturated carbocycles. The topological polar surface area (TPSA) is 81.5 Å². The van der Waals surface area contributed by atoms with Crippen LogP contribution >= 0.6 is 0 Å². The second kappa shape index (κ2) is 3.81. The third-order valence-electron chi connectivity index (χ3n) is 2.20. The van der Waals surface area contributed by atoms with E-state index >= 15 is 0 Å². The Hall–Kier alpha value is -1.00. The maximum atomic E-state index is 8.79. The van der Waals surface area contributed by atoms with Gasteiger partial charge in [-0.05, 0) is 12.5 Å². The van der Waals surface area contributed by atoms with Crippen LogP contribution in [0, 0.1) is 0 Å². The molecule has 1 unspecified atom stereocenters. The summed E-state index contributed by atoms with van der Waals surface area (Å²) >= 11 is 0. The van der Waals surface area contributed by atoms with Crippen LogP contribution in [0.5, 0.6) is 0 Å². The number of aliphatic hydroxyl groups is 1. The monoisotopic (exact) mass is 184 g/mol. The maximum Gasteiger partial charge on any atom is 0.137 e. The zero-order valence-corrected chi connectivity index (χ0v) is 7.79. The number of aliphatic hydroxyl groups excluding tert-OH is 1. The van der Waals surface area contributed by atoms with E-state index in [0.29, 0.717) is 24.3 Å². The van der Waals surface area contributed by atoms with E-state index in [9.17, 15) is 0 Å². The highest BCUT2D eigenvalue weighted by molar-refractivity contribution is 5.29. The van der Waals surface area contributed by atoms with Crippen molar-refractivity contribution in [2.24, 2.45) is 11.5 Å². The van der Waals surface area contributed by atoms with Crippen molar-refractivity contribution in [3.05, 3.63) is 23.6 Å². The fourth-order valence-electron chi connectivity index (χ4n) is 1.43. The molecule has 4 nitrogen and oxygen atoms in total. The molecule has 0 aromatic carbocycles. The van der Waals surface area contributed by atoms with Gasteiger partial charge in [0.1, 0.15) is 5.76 Å². The second-order valence-corrected chi connectivity index (χ2v) is 3.31. The summed E-state index contributed by atoms with van der Waals surface area (Å²) in [4.78, 5) is 0. The van der Waals surface area contributed by atoms with Gasteiger partial charge in [-0.25, -0.2) is 0 Å². The van der Waals surface area contributed by atoms with Crippen molar-refractivity contribution in [3.63, 3.8) is 0 Å². The van der Waals surface area contributed by atoms with E-state index in [0.717, 1.165) is 0 Å². The summed E-state index contributed by atoms with van der Waals surface area (Å²) in [6.07, 6.45) is 4.64. The molecular formula is C9H16N2O2. The van der Waals surface area contributed by atoms with Crippen LogP contribution in [0.15, 0.2) is 23.6 Å². The first-order chi connectivity index (χ1) is 6.11. The molecule has 0 aliphatic heterocycles. The van der Waals surface area contributed by atoms with Crippen LogP contribution in [0.4, 0.5) is 0 Å². The average Bonchev–Trinajstić information content (AvgIpc) is 2.04. The van der Waals surface area contributed by atoms with Crippen LogP contribution in [0.25, 0.3) is 0 Å². The third-order valence-corrected chi connectivity index (χ3v) is 2.20. The molecule has 0 fully saturated rings. The summed E-state index contributed by atoms with van der Waals surface area (Å²) in [6, 6.07) is 0. The lowest BCUT2D eigenvalue weighted by molar-refractivity contribution is 0.248. The largest absolute Gasteiger partial charge is 0.495 e. The van der Waals surface area contributed by atoms with Gasteiger partial charge in [0.25, 0.3) is 0 Å². The Bertz CT molecular complexity index is 248. The molecule has 0 spiro atoms. The molecular weight excluding hydrogens is 168 g/mol. The molecule has 0 aromatic heterocycles. The SMILES string of the molecule is COC1=C(N)CC(N)(CCO)C=C1. The quantitative estimate of drug-likeness (QED) is 0.569. The van der Waals surface area contributed by atoms with Crippen molar-refractivity contribution < 1.29 is 9.84 Å². The summed E-state index contributed by atoms with van der Waals surface area (Å²) in [6.45, 7) is 0.0659. The highest BCUT2D eigenvalue weighted by atomic mass is 16.5. The summed E-state index contributed by atoms with van der Waals surface area (Å²) < 4.78 is 5.02. The normalized spacial score (nSPS) is 27.9. The van der Waals surface area contributed by atoms with Gasteiger partial charge in [-0.2, -0.15) is 0 Å². The number of ether oxygens (including phenoxy) is 1. The fraction of sp³-hybridized carbons (Fsp3) is 0.556. The summed E-state index contributed by atoms with van der Waals surface area (Å²) in [5, 5.41) is 8.79. The molecule has 13 heavy (non-hydrogen) atoms. The first-order valence-electron chi connectivity index (χ1n) is 4.23. The number of rotatable bonds is 3. The van der Waals surface area contributed by atoms with Crippen molar-refractivity contribution in [1.29, 1.82) is 0 Å². The highest BCUT2D eigenvalue weighted by Crippen LogP contribution is 2.24. The third kappa shape index (κ3) is 2.23.